The second-order valence-electron chi connectivity index (χ2n) is 6.47. The lowest BCUT2D eigenvalue weighted by atomic mass is 9.98. The van der Waals surface area contributed by atoms with E-state index in [1.807, 2.05) is 49.5 Å². The molecule has 1 amide bonds. The summed E-state index contributed by atoms with van der Waals surface area (Å²) in [5, 5.41) is 4.84. The molecule has 0 saturated carbocycles. The van der Waals surface area contributed by atoms with Crippen LogP contribution in [0.1, 0.15) is 31.0 Å². The van der Waals surface area contributed by atoms with Gasteiger partial charge in [-0.25, -0.2) is 0 Å². The van der Waals surface area contributed by atoms with Gasteiger partial charge in [-0.3, -0.25) is 4.79 Å². The molecule has 0 aliphatic heterocycles. The van der Waals surface area contributed by atoms with E-state index in [2.05, 4.69) is 10.1 Å². The minimum absolute atomic E-state index is 0.0303. The van der Waals surface area contributed by atoms with Crippen molar-refractivity contribution < 1.29 is 23.6 Å². The fourth-order valence-electron chi connectivity index (χ4n) is 2.60. The monoisotopic (exact) mass is 363 g/mol. The summed E-state index contributed by atoms with van der Waals surface area (Å²) in [7, 11) is 0. The molecule has 0 bridgehead atoms. The van der Waals surface area contributed by atoms with Gasteiger partial charge in [-0.1, -0.05) is 44.2 Å². The molecule has 0 heterocycles. The van der Waals surface area contributed by atoms with Crippen molar-refractivity contribution in [2.45, 2.75) is 26.5 Å². The van der Waals surface area contributed by atoms with Crippen molar-refractivity contribution in [1.29, 1.82) is 0 Å². The van der Waals surface area contributed by atoms with E-state index < -0.39 is 6.61 Å². The van der Waals surface area contributed by atoms with E-state index in [0.29, 0.717) is 12.5 Å². The normalized spacial score (nSPS) is 12.2. The molecule has 2 aromatic carbocycles. The molecule has 0 aliphatic rings. The lowest BCUT2D eigenvalue weighted by molar-refractivity contribution is -0.676. The summed E-state index contributed by atoms with van der Waals surface area (Å²) in [6, 6.07) is 16.2. The SMILES string of the molecule is CC(C)CNC(=O)C[NH2+][C@H](c1ccccc1)c1ccc(OC(F)F)cc1. The first-order valence-corrected chi connectivity index (χ1v) is 8.65. The molecule has 2 rings (SSSR count). The van der Waals surface area contributed by atoms with Gasteiger partial charge < -0.3 is 15.4 Å². The van der Waals surface area contributed by atoms with E-state index in [4.69, 9.17) is 0 Å². The maximum absolute atomic E-state index is 12.3. The Kier molecular flexibility index (Phi) is 7.53. The third-order valence-electron chi connectivity index (χ3n) is 3.87. The van der Waals surface area contributed by atoms with Gasteiger partial charge in [0.15, 0.2) is 6.54 Å². The zero-order chi connectivity index (χ0) is 18.9. The fourth-order valence-corrected chi connectivity index (χ4v) is 2.60. The minimum atomic E-state index is -2.85. The number of carbonyl (C=O) groups excluding carboxylic acids is 1. The number of rotatable bonds is 9. The van der Waals surface area contributed by atoms with Gasteiger partial charge in [0.05, 0.1) is 0 Å². The van der Waals surface area contributed by atoms with Gasteiger partial charge in [0.25, 0.3) is 5.91 Å². The summed E-state index contributed by atoms with van der Waals surface area (Å²) in [6.07, 6.45) is 0. The zero-order valence-electron chi connectivity index (χ0n) is 15.0. The number of alkyl halides is 2. The molecule has 0 unspecified atom stereocenters. The molecular weight excluding hydrogens is 338 g/mol. The molecular formula is C20H25F2N2O2+. The molecule has 2 aromatic rings. The molecule has 140 valence electrons. The highest BCUT2D eigenvalue weighted by Gasteiger charge is 2.19. The van der Waals surface area contributed by atoms with E-state index in [-0.39, 0.29) is 24.2 Å². The van der Waals surface area contributed by atoms with Crippen LogP contribution in [-0.2, 0) is 4.79 Å². The summed E-state index contributed by atoms with van der Waals surface area (Å²) >= 11 is 0. The van der Waals surface area contributed by atoms with E-state index in [1.165, 1.54) is 12.1 Å². The maximum atomic E-state index is 12.3. The van der Waals surface area contributed by atoms with Crippen LogP contribution in [0.3, 0.4) is 0 Å². The first-order valence-electron chi connectivity index (χ1n) is 8.65. The Labute approximate surface area is 152 Å². The molecule has 1 atom stereocenters. The number of halogens is 2. The van der Waals surface area contributed by atoms with Crippen LogP contribution in [-0.4, -0.2) is 25.6 Å². The largest absolute Gasteiger partial charge is 0.435 e. The van der Waals surface area contributed by atoms with Crippen LogP contribution in [0, 0.1) is 5.92 Å². The number of carbonyl (C=O) groups is 1. The number of nitrogens with two attached hydrogens (primary N) is 1. The van der Waals surface area contributed by atoms with Gasteiger partial charge in [-0.15, -0.1) is 0 Å². The second-order valence-corrected chi connectivity index (χ2v) is 6.47. The Hall–Kier alpha value is -2.47. The smallest absolute Gasteiger partial charge is 0.387 e. The Morgan fingerprint density at radius 3 is 2.23 bits per heavy atom. The predicted octanol–water partition coefficient (Wildman–Crippen LogP) is 2.71. The highest BCUT2D eigenvalue weighted by molar-refractivity contribution is 5.76. The average Bonchev–Trinajstić information content (AvgIpc) is 2.62. The molecule has 0 fully saturated rings. The fraction of sp³-hybridized carbons (Fsp3) is 0.350. The Bertz CT molecular complexity index is 676. The third kappa shape index (κ3) is 6.44. The summed E-state index contributed by atoms with van der Waals surface area (Å²) in [6.45, 7) is 2.16. The number of benzene rings is 2. The highest BCUT2D eigenvalue weighted by atomic mass is 19.3. The van der Waals surface area contributed by atoms with Gasteiger partial charge >= 0.3 is 6.61 Å². The van der Waals surface area contributed by atoms with Crippen molar-refractivity contribution >= 4 is 5.91 Å². The molecule has 4 nitrogen and oxygen atoms in total. The van der Waals surface area contributed by atoms with Gasteiger partial charge in [0.1, 0.15) is 11.8 Å². The molecule has 3 N–H and O–H groups in total. The van der Waals surface area contributed by atoms with Crippen LogP contribution in [0.15, 0.2) is 54.6 Å². The van der Waals surface area contributed by atoms with Crippen molar-refractivity contribution in [3.05, 3.63) is 65.7 Å². The van der Waals surface area contributed by atoms with E-state index >= 15 is 0 Å². The second kappa shape index (κ2) is 9.87. The zero-order valence-corrected chi connectivity index (χ0v) is 15.0. The number of hydrogen-bond donors (Lipinski definition) is 2. The lowest BCUT2D eigenvalue weighted by Gasteiger charge is -2.17. The lowest BCUT2D eigenvalue weighted by Crippen LogP contribution is -2.87. The van der Waals surface area contributed by atoms with Crippen LogP contribution >= 0.6 is 0 Å². The Morgan fingerprint density at radius 1 is 1.04 bits per heavy atom. The summed E-state index contributed by atoms with van der Waals surface area (Å²) in [5.74, 6) is 0.480. The van der Waals surface area contributed by atoms with Crippen LogP contribution in [0.2, 0.25) is 0 Å². The number of amides is 1. The van der Waals surface area contributed by atoms with E-state index in [0.717, 1.165) is 11.1 Å². The number of nitrogens with one attached hydrogen (secondary N) is 1. The Balaban J connectivity index is 2.10. The molecule has 0 aliphatic carbocycles. The first-order chi connectivity index (χ1) is 12.5. The highest BCUT2D eigenvalue weighted by Crippen LogP contribution is 2.22. The quantitative estimate of drug-likeness (QED) is 0.720. The van der Waals surface area contributed by atoms with E-state index in [9.17, 15) is 13.6 Å². The Morgan fingerprint density at radius 2 is 1.65 bits per heavy atom. The average molecular weight is 363 g/mol. The van der Waals surface area contributed by atoms with Crippen LogP contribution < -0.4 is 15.4 Å². The number of ether oxygens (including phenoxy) is 1. The molecule has 6 heteroatoms. The number of hydrogen-bond acceptors (Lipinski definition) is 2. The van der Waals surface area contributed by atoms with E-state index in [1.54, 1.807) is 12.1 Å². The maximum Gasteiger partial charge on any atom is 0.387 e. The van der Waals surface area contributed by atoms with Crippen molar-refractivity contribution in [3.63, 3.8) is 0 Å². The molecule has 26 heavy (non-hydrogen) atoms. The molecule has 0 aromatic heterocycles. The molecule has 0 spiro atoms. The van der Waals surface area contributed by atoms with Crippen molar-refractivity contribution in [2.75, 3.05) is 13.1 Å². The topological polar surface area (TPSA) is 54.9 Å². The van der Waals surface area contributed by atoms with Gasteiger partial charge in [0, 0.05) is 17.7 Å². The standard InChI is InChI=1S/C20H24F2N2O2/c1-14(2)12-23-18(25)13-24-19(15-6-4-3-5-7-15)16-8-10-17(11-9-16)26-20(21)22/h3-11,14,19-20,24H,12-13H2,1-2H3,(H,23,25)/p+1/t19-/m1/s1. The van der Waals surface area contributed by atoms with Crippen molar-refractivity contribution in [3.8, 4) is 5.75 Å². The van der Waals surface area contributed by atoms with Gasteiger partial charge in [-0.05, 0) is 30.2 Å². The summed E-state index contributed by atoms with van der Waals surface area (Å²) in [4.78, 5) is 12.0. The minimum Gasteiger partial charge on any atom is -0.435 e. The molecule has 0 saturated heterocycles. The van der Waals surface area contributed by atoms with Crippen molar-refractivity contribution in [2.24, 2.45) is 5.92 Å². The van der Waals surface area contributed by atoms with Crippen molar-refractivity contribution in [1.82, 2.24) is 5.32 Å². The molecule has 0 radical (unpaired) electrons. The summed E-state index contributed by atoms with van der Waals surface area (Å²) in [5.41, 5.74) is 1.95. The predicted molar refractivity (Wildman–Crippen MR) is 96.0 cm³/mol. The summed E-state index contributed by atoms with van der Waals surface area (Å²) < 4.78 is 29.0. The van der Waals surface area contributed by atoms with Gasteiger partial charge in [-0.2, -0.15) is 8.78 Å². The van der Waals surface area contributed by atoms with Crippen LogP contribution in [0.5, 0.6) is 5.75 Å². The van der Waals surface area contributed by atoms with Crippen LogP contribution in [0.4, 0.5) is 8.78 Å². The van der Waals surface area contributed by atoms with Crippen LogP contribution in [0.25, 0.3) is 0 Å². The van der Waals surface area contributed by atoms with Gasteiger partial charge in [0.2, 0.25) is 0 Å². The first kappa shape index (κ1) is 19.8. The third-order valence-corrected chi connectivity index (χ3v) is 3.87. The number of quaternary nitrogens is 1.